The Morgan fingerprint density at radius 1 is 0.778 bits per heavy atom. The first kappa shape index (κ1) is 22.0. The van der Waals surface area contributed by atoms with Crippen LogP contribution in [-0.2, 0) is 17.1 Å². The van der Waals surface area contributed by atoms with Crippen LogP contribution < -0.4 is 9.97 Å². The second-order valence-corrected chi connectivity index (χ2v) is 2.25. The molecular weight excluding hydrogens is 296 g/mol. The molecule has 0 spiro atoms. The smallest absolute Gasteiger partial charge is 0.450 e. The largest absolute Gasteiger partial charge is 2.00 e. The molecule has 2 heterocycles. The van der Waals surface area contributed by atoms with Crippen LogP contribution in [0.25, 0.3) is 0 Å². The van der Waals surface area contributed by atoms with Crippen molar-refractivity contribution >= 4 is 0 Å². The molecule has 2 aromatic rings. The van der Waals surface area contributed by atoms with Crippen LogP contribution in [0.2, 0.25) is 0 Å². The molecule has 107 valence electrons. The molecule has 0 atom stereocenters. The van der Waals surface area contributed by atoms with Crippen molar-refractivity contribution in [1.82, 2.24) is 19.9 Å². The molecule has 18 heavy (non-hydrogen) atoms. The summed E-state index contributed by atoms with van der Waals surface area (Å²) in [6.07, 6.45) is 5.48. The normalized spacial score (nSPS) is 8.11. The van der Waals surface area contributed by atoms with Crippen molar-refractivity contribution in [3.8, 4) is 0 Å². The maximum Gasteiger partial charge on any atom is 2.00 e. The summed E-state index contributed by atoms with van der Waals surface area (Å²) in [6, 6.07) is 0. The van der Waals surface area contributed by atoms with Gasteiger partial charge in [-0.1, -0.05) is 37.4 Å². The van der Waals surface area contributed by atoms with E-state index in [2.05, 4.69) is 19.9 Å². The fourth-order valence-corrected chi connectivity index (χ4v) is 0.385. The van der Waals surface area contributed by atoms with E-state index in [-0.39, 0.29) is 22.5 Å². The molecule has 0 saturated heterocycles. The maximum absolute atomic E-state index is 7.69. The van der Waals surface area contributed by atoms with Crippen molar-refractivity contribution in [2.75, 3.05) is 0 Å². The van der Waals surface area contributed by atoms with E-state index in [1.807, 2.05) is 0 Å². The first-order valence-corrected chi connectivity index (χ1v) is 4.10. The Kier molecular flexibility index (Phi) is 19.2. The summed E-state index contributed by atoms with van der Waals surface area (Å²) in [5.74, 6) is 0. The van der Waals surface area contributed by atoms with Crippen LogP contribution in [0.1, 0.15) is 0 Å². The van der Waals surface area contributed by atoms with Crippen LogP contribution in [-0.4, -0.2) is 48.5 Å². The summed E-state index contributed by atoms with van der Waals surface area (Å²) in [4.78, 5) is 14.4. The van der Waals surface area contributed by atoms with Crippen molar-refractivity contribution in [2.45, 2.75) is 12.6 Å². The van der Waals surface area contributed by atoms with Crippen LogP contribution in [0.3, 0.4) is 0 Å². The number of nitrogens with zero attached hydrogens (tertiary/aromatic N) is 4. The zero-order valence-electron chi connectivity index (χ0n) is 9.00. The Hall–Kier alpha value is -1.26. The van der Waals surface area contributed by atoms with Gasteiger partial charge in [0.2, 0.25) is 12.6 Å². The molecule has 2 aromatic heterocycles. The summed E-state index contributed by atoms with van der Waals surface area (Å²) in [6.45, 7) is 0. The average molecular weight is 310 g/mol. The van der Waals surface area contributed by atoms with Gasteiger partial charge >= 0.3 is 17.1 Å². The summed E-state index contributed by atoms with van der Waals surface area (Å²) in [7, 11) is 0. The number of imidazole rings is 2. The molecule has 0 saturated carbocycles. The number of hydrogen-bond acceptors (Lipinski definition) is 6. The Morgan fingerprint density at radius 3 is 1.17 bits per heavy atom. The van der Waals surface area contributed by atoms with E-state index >= 15 is 0 Å². The zero-order chi connectivity index (χ0) is 12.2. The SMILES string of the molecule is O.OC(O)C(O)O.[Cu+2].c1c[n-]cn1.c1c[n-]cn1. The minimum absolute atomic E-state index is 0. The van der Waals surface area contributed by atoms with Gasteiger partial charge in [0.25, 0.3) is 0 Å². The predicted molar refractivity (Wildman–Crippen MR) is 55.2 cm³/mol. The van der Waals surface area contributed by atoms with E-state index in [0.717, 1.165) is 0 Å². The standard InChI is InChI=1S/2C3H3N2.C2H6O4.Cu.H2O/c2*1-2-5-3-4-1;3-1(4)2(5)6;;/h2*1-3H;1-6H;;1H2/q2*-1;;+2;. The summed E-state index contributed by atoms with van der Waals surface area (Å²) >= 11 is 0. The predicted octanol–water partition coefficient (Wildman–Crippen LogP) is -3.14. The zero-order valence-corrected chi connectivity index (χ0v) is 9.94. The monoisotopic (exact) mass is 309 g/mol. The van der Waals surface area contributed by atoms with Gasteiger partial charge in [-0.2, -0.15) is 0 Å². The Labute approximate surface area is 113 Å². The molecule has 0 unspecified atom stereocenters. The summed E-state index contributed by atoms with van der Waals surface area (Å²) in [5.41, 5.74) is 0. The van der Waals surface area contributed by atoms with E-state index < -0.39 is 12.6 Å². The third-order valence-electron chi connectivity index (χ3n) is 1.01. The van der Waals surface area contributed by atoms with Gasteiger partial charge < -0.3 is 45.8 Å². The number of hydrogen-bond donors (Lipinski definition) is 4. The summed E-state index contributed by atoms with van der Waals surface area (Å²) in [5, 5.41) is 30.7. The average Bonchev–Trinajstić information content (AvgIpc) is 2.97. The molecule has 0 fully saturated rings. The molecular formula is C8H14CuN4O5. The van der Waals surface area contributed by atoms with Gasteiger partial charge in [-0.05, 0) is 0 Å². The molecule has 0 amide bonds. The van der Waals surface area contributed by atoms with Crippen LogP contribution >= 0.6 is 0 Å². The van der Waals surface area contributed by atoms with Crippen molar-refractivity contribution in [1.29, 1.82) is 0 Å². The molecule has 6 N–H and O–H groups in total. The maximum atomic E-state index is 7.69. The second-order valence-electron chi connectivity index (χ2n) is 2.25. The molecule has 10 heteroatoms. The van der Waals surface area contributed by atoms with Gasteiger partial charge in [0.05, 0.1) is 0 Å². The van der Waals surface area contributed by atoms with Gasteiger partial charge in [-0.3, -0.25) is 0 Å². The number of aromatic nitrogens is 4. The molecule has 0 aliphatic carbocycles. The van der Waals surface area contributed by atoms with E-state index in [0.29, 0.717) is 0 Å². The molecule has 9 nitrogen and oxygen atoms in total. The molecule has 0 aliphatic heterocycles. The Balaban J connectivity index is -0.000000178. The van der Waals surface area contributed by atoms with E-state index in [9.17, 15) is 0 Å². The van der Waals surface area contributed by atoms with Crippen LogP contribution in [0.15, 0.2) is 37.4 Å². The van der Waals surface area contributed by atoms with Crippen molar-refractivity contribution in [3.05, 3.63) is 37.4 Å². The number of aliphatic hydroxyl groups excluding tert-OH is 2. The second kappa shape index (κ2) is 15.7. The van der Waals surface area contributed by atoms with Crippen molar-refractivity contribution in [2.24, 2.45) is 0 Å². The first-order chi connectivity index (χ1) is 7.64. The first-order valence-electron chi connectivity index (χ1n) is 4.10. The topological polar surface area (TPSA) is 166 Å². The molecule has 1 radical (unpaired) electrons. The minimum Gasteiger partial charge on any atom is -0.450 e. The van der Waals surface area contributed by atoms with Gasteiger partial charge in [-0.25, -0.2) is 0 Å². The molecule has 0 aromatic carbocycles. The minimum atomic E-state index is -2.04. The summed E-state index contributed by atoms with van der Waals surface area (Å²) < 4.78 is 0. The van der Waals surface area contributed by atoms with E-state index in [1.165, 1.54) is 12.7 Å². The van der Waals surface area contributed by atoms with Crippen molar-refractivity contribution in [3.63, 3.8) is 0 Å². The van der Waals surface area contributed by atoms with Crippen LogP contribution in [0.4, 0.5) is 0 Å². The quantitative estimate of drug-likeness (QED) is 0.316. The third-order valence-corrected chi connectivity index (χ3v) is 1.01. The number of rotatable bonds is 1. The van der Waals surface area contributed by atoms with Gasteiger partial charge in [0, 0.05) is 0 Å². The third kappa shape index (κ3) is 17.1. The van der Waals surface area contributed by atoms with Gasteiger partial charge in [0.15, 0.2) is 0 Å². The fourth-order valence-electron chi connectivity index (χ4n) is 0.385. The molecule has 2 rings (SSSR count). The van der Waals surface area contributed by atoms with E-state index in [4.69, 9.17) is 20.4 Å². The van der Waals surface area contributed by atoms with E-state index in [1.54, 1.807) is 24.8 Å². The van der Waals surface area contributed by atoms with Crippen molar-refractivity contribution < 1.29 is 43.0 Å². The van der Waals surface area contributed by atoms with Crippen LogP contribution in [0, 0.1) is 0 Å². The fraction of sp³-hybridized carbons (Fsp3) is 0.250. The Bertz CT molecular complexity index is 236. The number of aliphatic hydroxyl groups is 4. The van der Waals surface area contributed by atoms with Crippen LogP contribution in [0.5, 0.6) is 0 Å². The van der Waals surface area contributed by atoms with Gasteiger partial charge in [-0.15, -0.1) is 0 Å². The Morgan fingerprint density at radius 2 is 1.11 bits per heavy atom. The molecule has 0 bridgehead atoms. The molecule has 0 aliphatic rings. The van der Waals surface area contributed by atoms with Gasteiger partial charge in [0.1, 0.15) is 0 Å².